The number of aliphatic hydroxyl groups is 5. The first kappa shape index (κ1) is 31.0. The summed E-state index contributed by atoms with van der Waals surface area (Å²) in [6.07, 6.45) is -6.66. The summed E-state index contributed by atoms with van der Waals surface area (Å²) < 4.78 is 6.82. The van der Waals surface area contributed by atoms with Gasteiger partial charge in [0.1, 0.15) is 41.4 Å². The van der Waals surface area contributed by atoms with Crippen molar-refractivity contribution in [2.45, 2.75) is 43.9 Å². The van der Waals surface area contributed by atoms with E-state index in [1.54, 1.807) is 18.2 Å². The van der Waals surface area contributed by atoms with Gasteiger partial charge in [-0.2, -0.15) is 4.73 Å². The second kappa shape index (κ2) is 11.4. The van der Waals surface area contributed by atoms with Gasteiger partial charge >= 0.3 is 0 Å². The number of rotatable bonds is 7. The molecule has 0 unspecified atom stereocenters. The largest absolute Gasteiger partial charge is 0.508 e. The van der Waals surface area contributed by atoms with Crippen molar-refractivity contribution < 1.29 is 54.9 Å². The minimum atomic E-state index is -1.80. The van der Waals surface area contributed by atoms with Crippen LogP contribution in [0.3, 0.4) is 0 Å². The fourth-order valence-corrected chi connectivity index (χ4v) is 6.78. The zero-order chi connectivity index (χ0) is 34.3. The molecule has 2 amide bonds. The molecule has 5 atom stereocenters. The quantitative estimate of drug-likeness (QED) is 0.104. The maximum atomic E-state index is 14.3. The van der Waals surface area contributed by atoms with E-state index in [9.17, 15) is 45.3 Å². The number of nitrogens with one attached hydrogen (secondary N) is 2. The molecule has 16 nitrogen and oxygen atoms in total. The van der Waals surface area contributed by atoms with Crippen molar-refractivity contribution in [2.75, 3.05) is 6.61 Å². The van der Waals surface area contributed by atoms with E-state index < -0.39 is 49.1 Å². The number of fused-ring (bicyclic) bond motifs is 10. The summed E-state index contributed by atoms with van der Waals surface area (Å²) in [6.45, 7) is -1.09. The molecule has 0 radical (unpaired) electrons. The molecule has 3 aromatic carbocycles. The third-order valence-electron chi connectivity index (χ3n) is 9.13. The molecule has 3 aromatic heterocycles. The Bertz CT molecular complexity index is 2330. The number of hydrazine groups is 1. The number of imide groups is 1. The van der Waals surface area contributed by atoms with E-state index in [2.05, 4.69) is 15.4 Å². The second-order valence-electron chi connectivity index (χ2n) is 11.9. The topological polar surface area (TPSA) is 243 Å². The zero-order valence-electron chi connectivity index (χ0n) is 25.3. The first-order valence-electron chi connectivity index (χ1n) is 15.2. The Morgan fingerprint density at radius 3 is 2.35 bits per heavy atom. The van der Waals surface area contributed by atoms with Crippen molar-refractivity contribution >= 4 is 55.4 Å². The van der Waals surface area contributed by atoms with Crippen LogP contribution in [0.4, 0.5) is 0 Å². The highest BCUT2D eigenvalue weighted by Crippen LogP contribution is 2.45. The lowest BCUT2D eigenvalue weighted by Gasteiger charge is -2.39. The molecular formula is C33H29N5O11. The predicted octanol–water partition coefficient (Wildman–Crippen LogP) is 0.257. The molecular weight excluding hydrogens is 642 g/mol. The first-order valence-corrected chi connectivity index (χ1v) is 15.2. The standard InChI is InChI=1S/C33H29N5O11/c39-11-13-2-1-7-34-19(13)10-35-37-31(46)24-22-16-5-3-14(41)8-18(16)36-26(22)27-23(25(24)32(37)47)17-6-4-15(42)9-20(17)38(27)49-33-30(45)29(44)28(43)21(12-40)48-33/h1-9,21,28-30,33,35-36,39-45H,10-12H2/t21-,28-,29+,30-,33+/m1/s1. The number of aromatic nitrogens is 3. The molecule has 5 heterocycles. The van der Waals surface area contributed by atoms with Crippen molar-refractivity contribution in [2.24, 2.45) is 0 Å². The van der Waals surface area contributed by atoms with Crippen LogP contribution in [0.5, 0.6) is 11.5 Å². The van der Waals surface area contributed by atoms with Crippen LogP contribution in [-0.2, 0) is 17.9 Å². The molecule has 49 heavy (non-hydrogen) atoms. The number of aromatic hydroxyl groups is 2. The van der Waals surface area contributed by atoms with Crippen LogP contribution in [-0.4, -0.2) is 105 Å². The predicted molar refractivity (Wildman–Crippen MR) is 170 cm³/mol. The summed E-state index contributed by atoms with van der Waals surface area (Å²) in [5.41, 5.74) is 4.85. The molecule has 0 spiro atoms. The van der Waals surface area contributed by atoms with Crippen molar-refractivity contribution in [3.8, 4) is 11.5 Å². The number of benzene rings is 3. The van der Waals surface area contributed by atoms with E-state index in [1.165, 1.54) is 41.3 Å². The van der Waals surface area contributed by atoms with E-state index in [1.807, 2.05) is 0 Å². The van der Waals surface area contributed by atoms with E-state index >= 15 is 0 Å². The number of carbonyl (C=O) groups excluding carboxylic acids is 2. The molecule has 9 N–H and O–H groups in total. The Morgan fingerprint density at radius 1 is 0.898 bits per heavy atom. The number of hydrogen-bond acceptors (Lipinski definition) is 13. The molecule has 0 bridgehead atoms. The smallest absolute Gasteiger partial charge is 0.276 e. The number of ether oxygens (including phenoxy) is 1. The van der Waals surface area contributed by atoms with Gasteiger partial charge in [-0.1, -0.05) is 6.07 Å². The monoisotopic (exact) mass is 671 g/mol. The van der Waals surface area contributed by atoms with Gasteiger partial charge in [0.15, 0.2) is 0 Å². The van der Waals surface area contributed by atoms with E-state index in [0.717, 1.165) is 5.01 Å². The molecule has 2 aliphatic heterocycles. The number of nitrogens with zero attached hydrogens (tertiary/aromatic N) is 3. The number of H-pyrrole nitrogens is 1. The first-order chi connectivity index (χ1) is 23.6. The number of aliphatic hydroxyl groups excluding tert-OH is 5. The summed E-state index contributed by atoms with van der Waals surface area (Å²) in [6, 6.07) is 12.0. The van der Waals surface area contributed by atoms with Gasteiger partial charge < -0.3 is 50.3 Å². The summed E-state index contributed by atoms with van der Waals surface area (Å²) in [4.78, 5) is 42.2. The summed E-state index contributed by atoms with van der Waals surface area (Å²) >= 11 is 0. The van der Waals surface area contributed by atoms with Crippen molar-refractivity contribution in [1.29, 1.82) is 0 Å². The molecule has 6 aromatic rings. The maximum Gasteiger partial charge on any atom is 0.276 e. The number of aromatic amines is 1. The third-order valence-corrected chi connectivity index (χ3v) is 9.13. The van der Waals surface area contributed by atoms with Crippen LogP contribution < -0.4 is 10.3 Å². The van der Waals surface area contributed by atoms with Gasteiger partial charge in [-0.3, -0.25) is 14.6 Å². The number of phenols is 2. The van der Waals surface area contributed by atoms with E-state index in [0.29, 0.717) is 32.9 Å². The van der Waals surface area contributed by atoms with Crippen molar-refractivity contribution in [3.05, 3.63) is 77.1 Å². The van der Waals surface area contributed by atoms with Gasteiger partial charge in [0.25, 0.3) is 18.1 Å². The molecule has 2 aliphatic rings. The average molecular weight is 672 g/mol. The van der Waals surface area contributed by atoms with Gasteiger partial charge in [-0.25, -0.2) is 10.4 Å². The summed E-state index contributed by atoms with van der Waals surface area (Å²) in [7, 11) is 0. The Balaban J connectivity index is 1.38. The van der Waals surface area contributed by atoms with E-state index in [4.69, 9.17) is 9.57 Å². The molecule has 16 heteroatoms. The Labute approximate surface area is 274 Å². The van der Waals surface area contributed by atoms with Gasteiger partial charge in [-0.15, -0.1) is 0 Å². The minimum Gasteiger partial charge on any atom is -0.508 e. The SMILES string of the molecule is O=C1c2c(c3c4ccc(O)cc4n(O[C@@H]4O[C@H](CO)[C@@H](O)[C@H](O)[C@H]4O)c3c3[nH]c4cc(O)ccc4c23)C(=O)N1NCc1ncccc1CO. The van der Waals surface area contributed by atoms with Gasteiger partial charge in [-0.05, 0) is 30.3 Å². The summed E-state index contributed by atoms with van der Waals surface area (Å²) in [5.74, 6) is -1.67. The third kappa shape index (κ3) is 4.54. The zero-order valence-corrected chi connectivity index (χ0v) is 25.3. The lowest BCUT2D eigenvalue weighted by atomic mass is 9.96. The van der Waals surface area contributed by atoms with Gasteiger partial charge in [0.2, 0.25) is 0 Å². The van der Waals surface area contributed by atoms with Crippen LogP contribution in [0.1, 0.15) is 32.0 Å². The number of hydrogen-bond donors (Lipinski definition) is 9. The van der Waals surface area contributed by atoms with Crippen LogP contribution >= 0.6 is 0 Å². The number of amides is 2. The number of phenolic OH excluding ortho intramolecular Hbond substituents is 2. The molecule has 0 aliphatic carbocycles. The number of pyridine rings is 1. The molecule has 1 fully saturated rings. The van der Waals surface area contributed by atoms with Crippen LogP contribution in [0.2, 0.25) is 0 Å². The Morgan fingerprint density at radius 2 is 1.61 bits per heavy atom. The fraction of sp³-hybridized carbons (Fsp3) is 0.242. The van der Waals surface area contributed by atoms with Crippen molar-refractivity contribution in [1.82, 2.24) is 25.1 Å². The van der Waals surface area contributed by atoms with Gasteiger partial charge in [0, 0.05) is 45.4 Å². The second-order valence-corrected chi connectivity index (χ2v) is 11.9. The normalized spacial score (nSPS) is 22.6. The highest BCUT2D eigenvalue weighted by molar-refractivity contribution is 6.39. The lowest BCUT2D eigenvalue weighted by Crippen LogP contribution is -2.61. The molecule has 1 saturated heterocycles. The lowest BCUT2D eigenvalue weighted by molar-refractivity contribution is -0.298. The van der Waals surface area contributed by atoms with Crippen LogP contribution in [0.25, 0.3) is 43.6 Å². The minimum absolute atomic E-state index is 0.00998. The Kier molecular flexibility index (Phi) is 7.20. The fourth-order valence-electron chi connectivity index (χ4n) is 6.78. The summed E-state index contributed by atoms with van der Waals surface area (Å²) in [5, 5.41) is 74.3. The molecule has 8 rings (SSSR count). The van der Waals surface area contributed by atoms with Gasteiger partial charge in [0.05, 0.1) is 53.1 Å². The number of carbonyl (C=O) groups is 2. The average Bonchev–Trinajstić information content (AvgIpc) is 3.70. The van der Waals surface area contributed by atoms with Crippen molar-refractivity contribution in [3.63, 3.8) is 0 Å². The van der Waals surface area contributed by atoms with Crippen LogP contribution in [0.15, 0.2) is 54.7 Å². The highest BCUT2D eigenvalue weighted by Gasteiger charge is 2.46. The highest BCUT2D eigenvalue weighted by atomic mass is 16.8. The molecule has 0 saturated carbocycles. The van der Waals surface area contributed by atoms with E-state index in [-0.39, 0.29) is 57.7 Å². The Hall–Kier alpha value is -5.33. The van der Waals surface area contributed by atoms with Crippen LogP contribution in [0, 0.1) is 0 Å². The molecule has 252 valence electrons. The maximum absolute atomic E-state index is 14.3.